The lowest BCUT2D eigenvalue weighted by molar-refractivity contribution is -0.127. The summed E-state index contributed by atoms with van der Waals surface area (Å²) >= 11 is 0. The molecule has 0 atom stereocenters. The molecule has 0 unspecified atom stereocenters. The minimum atomic E-state index is 0.0972. The van der Waals surface area contributed by atoms with E-state index in [0.29, 0.717) is 19.0 Å². The molecule has 6 N–H and O–H groups in total. The third kappa shape index (κ3) is 17.4. The predicted molar refractivity (Wildman–Crippen MR) is 91.5 cm³/mol. The van der Waals surface area contributed by atoms with Gasteiger partial charge in [0.2, 0.25) is 5.91 Å². The lowest BCUT2D eigenvalue weighted by Crippen LogP contribution is -2.25. The van der Waals surface area contributed by atoms with Gasteiger partial charge < -0.3 is 26.6 Å². The molecule has 0 aromatic rings. The van der Waals surface area contributed by atoms with Gasteiger partial charge in [0.05, 0.1) is 13.2 Å². The van der Waals surface area contributed by atoms with Gasteiger partial charge in [0.1, 0.15) is 0 Å². The lowest BCUT2D eigenvalue weighted by atomic mass is 10.1. The van der Waals surface area contributed by atoms with Crippen LogP contribution in [-0.4, -0.2) is 60.4 Å². The zero-order valence-electron chi connectivity index (χ0n) is 14.3. The van der Waals surface area contributed by atoms with Gasteiger partial charge in [-0.15, -0.1) is 0 Å². The minimum absolute atomic E-state index is 0.0972. The first-order valence-electron chi connectivity index (χ1n) is 8.57. The van der Waals surface area contributed by atoms with E-state index in [4.69, 9.17) is 21.7 Å². The van der Waals surface area contributed by atoms with Crippen LogP contribution in [-0.2, 0) is 4.79 Å². The topological polar surface area (TPSA) is 113 Å². The van der Waals surface area contributed by atoms with Gasteiger partial charge in [0.15, 0.2) is 0 Å². The van der Waals surface area contributed by atoms with E-state index >= 15 is 0 Å². The Labute approximate surface area is 135 Å². The summed E-state index contributed by atoms with van der Waals surface area (Å²) in [4.78, 5) is 13.3. The van der Waals surface area contributed by atoms with Gasteiger partial charge in [-0.3, -0.25) is 4.79 Å². The summed E-state index contributed by atoms with van der Waals surface area (Å²) < 4.78 is 0. The molecule has 22 heavy (non-hydrogen) atoms. The van der Waals surface area contributed by atoms with E-state index in [9.17, 15) is 4.79 Å². The van der Waals surface area contributed by atoms with E-state index in [1.165, 1.54) is 38.5 Å². The van der Waals surface area contributed by atoms with Crippen molar-refractivity contribution in [1.29, 1.82) is 0 Å². The average molecular weight is 319 g/mol. The summed E-state index contributed by atoms with van der Waals surface area (Å²) in [6, 6.07) is 0. The number of likely N-dealkylation sites (tertiary alicyclic amines) is 1. The zero-order valence-corrected chi connectivity index (χ0v) is 14.3. The second kappa shape index (κ2) is 20.3. The Bertz CT molecular complexity index is 221. The van der Waals surface area contributed by atoms with Crippen LogP contribution in [0.25, 0.3) is 0 Å². The van der Waals surface area contributed by atoms with Crippen LogP contribution in [0.1, 0.15) is 58.3 Å². The molecule has 1 aliphatic heterocycles. The molecule has 0 aromatic heterocycles. The Morgan fingerprint density at radius 2 is 1.50 bits per heavy atom. The third-order valence-electron chi connectivity index (χ3n) is 3.21. The van der Waals surface area contributed by atoms with Crippen LogP contribution in [0.4, 0.5) is 0 Å². The van der Waals surface area contributed by atoms with Crippen LogP contribution in [0.3, 0.4) is 0 Å². The zero-order chi connectivity index (χ0) is 17.1. The van der Waals surface area contributed by atoms with Crippen LogP contribution in [0.2, 0.25) is 0 Å². The van der Waals surface area contributed by atoms with Gasteiger partial charge in [0, 0.05) is 32.6 Å². The van der Waals surface area contributed by atoms with Crippen molar-refractivity contribution in [2.75, 3.05) is 39.4 Å². The predicted octanol–water partition coefficient (Wildman–Crippen LogP) is 0.844. The van der Waals surface area contributed by atoms with Crippen LogP contribution < -0.4 is 11.5 Å². The highest BCUT2D eigenvalue weighted by Gasteiger charge is 2.18. The van der Waals surface area contributed by atoms with E-state index in [0.717, 1.165) is 25.9 Å². The molecule has 1 heterocycles. The molecule has 1 amide bonds. The molecule has 0 radical (unpaired) electrons. The van der Waals surface area contributed by atoms with Crippen molar-refractivity contribution < 1.29 is 15.0 Å². The first-order valence-corrected chi connectivity index (χ1v) is 8.57. The van der Waals surface area contributed by atoms with Gasteiger partial charge >= 0.3 is 0 Å². The number of carbonyl (C=O) groups is 1. The molecule has 0 aliphatic carbocycles. The normalized spacial score (nSPS) is 13.3. The van der Waals surface area contributed by atoms with Crippen molar-refractivity contribution in [2.24, 2.45) is 11.5 Å². The smallest absolute Gasteiger partial charge is 0.222 e. The summed E-state index contributed by atoms with van der Waals surface area (Å²) in [5.74, 6) is 0.374. The summed E-state index contributed by atoms with van der Waals surface area (Å²) in [6.07, 6.45) is 9.75. The van der Waals surface area contributed by atoms with Crippen LogP contribution in [0.5, 0.6) is 0 Å². The highest BCUT2D eigenvalue weighted by molar-refractivity contribution is 5.77. The van der Waals surface area contributed by atoms with E-state index < -0.39 is 0 Å². The van der Waals surface area contributed by atoms with Gasteiger partial charge in [-0.2, -0.15) is 0 Å². The molecular weight excluding hydrogens is 282 g/mol. The van der Waals surface area contributed by atoms with Gasteiger partial charge in [0.25, 0.3) is 0 Å². The van der Waals surface area contributed by atoms with E-state index in [-0.39, 0.29) is 13.2 Å². The Hall–Kier alpha value is -0.690. The number of aliphatic hydroxyl groups is 2. The second-order valence-electron chi connectivity index (χ2n) is 5.28. The monoisotopic (exact) mass is 319 g/mol. The first-order chi connectivity index (χ1) is 10.7. The number of carbonyl (C=O) groups excluding carboxylic acids is 1. The molecule has 1 aliphatic rings. The van der Waals surface area contributed by atoms with Crippen LogP contribution in [0, 0.1) is 0 Å². The Kier molecular flexibility index (Phi) is 21.8. The summed E-state index contributed by atoms with van der Waals surface area (Å²) in [5.41, 5.74) is 9.56. The standard InChI is InChI=1S/C12H23NO.2C2H7NO/c1-2-3-4-5-6-7-10-13-11-8-9-12(13)14;2*3-1-2-4/h2-11H2,1H3;2*4H,1-3H2. The molecular formula is C16H37N3O3. The highest BCUT2D eigenvalue weighted by atomic mass is 16.3. The summed E-state index contributed by atoms with van der Waals surface area (Å²) in [7, 11) is 0. The molecule has 6 nitrogen and oxygen atoms in total. The Morgan fingerprint density at radius 1 is 1.00 bits per heavy atom. The number of unbranched alkanes of at least 4 members (excludes halogenated alkanes) is 5. The molecule has 1 rings (SSSR count). The maximum absolute atomic E-state index is 11.3. The van der Waals surface area contributed by atoms with E-state index in [2.05, 4.69) is 6.92 Å². The lowest BCUT2D eigenvalue weighted by Gasteiger charge is -2.14. The van der Waals surface area contributed by atoms with Crippen molar-refractivity contribution >= 4 is 5.91 Å². The van der Waals surface area contributed by atoms with Crippen LogP contribution >= 0.6 is 0 Å². The van der Waals surface area contributed by atoms with Gasteiger partial charge in [-0.1, -0.05) is 39.0 Å². The number of aliphatic hydroxyl groups excluding tert-OH is 2. The van der Waals surface area contributed by atoms with Gasteiger partial charge in [-0.25, -0.2) is 0 Å². The molecule has 0 bridgehead atoms. The number of nitrogens with two attached hydrogens (primary N) is 2. The Balaban J connectivity index is 0. The highest BCUT2D eigenvalue weighted by Crippen LogP contribution is 2.12. The number of hydrogen-bond donors (Lipinski definition) is 4. The van der Waals surface area contributed by atoms with Crippen molar-refractivity contribution in [3.05, 3.63) is 0 Å². The number of rotatable bonds is 9. The van der Waals surface area contributed by atoms with E-state index in [1.54, 1.807) is 0 Å². The maximum atomic E-state index is 11.3. The van der Waals surface area contributed by atoms with Crippen molar-refractivity contribution in [3.63, 3.8) is 0 Å². The SMILES string of the molecule is CCCCCCCCN1CCCC1=O.NCCO.NCCO. The summed E-state index contributed by atoms with van der Waals surface area (Å²) in [6.45, 7) is 5.20. The Morgan fingerprint density at radius 3 is 1.91 bits per heavy atom. The number of amides is 1. The second-order valence-corrected chi connectivity index (χ2v) is 5.28. The third-order valence-corrected chi connectivity index (χ3v) is 3.21. The largest absolute Gasteiger partial charge is 0.395 e. The maximum Gasteiger partial charge on any atom is 0.222 e. The minimum Gasteiger partial charge on any atom is -0.395 e. The molecule has 0 saturated carbocycles. The van der Waals surface area contributed by atoms with E-state index in [1.807, 2.05) is 4.90 Å². The molecule has 6 heteroatoms. The number of hydrogen-bond acceptors (Lipinski definition) is 5. The fourth-order valence-electron chi connectivity index (χ4n) is 2.02. The van der Waals surface area contributed by atoms with Crippen molar-refractivity contribution in [3.8, 4) is 0 Å². The molecule has 1 saturated heterocycles. The average Bonchev–Trinajstić information content (AvgIpc) is 2.96. The van der Waals surface area contributed by atoms with Crippen molar-refractivity contribution in [1.82, 2.24) is 4.90 Å². The molecule has 0 aromatic carbocycles. The van der Waals surface area contributed by atoms with Crippen LogP contribution in [0.15, 0.2) is 0 Å². The molecule has 134 valence electrons. The fourth-order valence-corrected chi connectivity index (χ4v) is 2.02. The first kappa shape index (κ1) is 23.6. The molecule has 0 spiro atoms. The molecule has 1 fully saturated rings. The fraction of sp³-hybridized carbons (Fsp3) is 0.938. The van der Waals surface area contributed by atoms with Crippen molar-refractivity contribution in [2.45, 2.75) is 58.3 Å². The summed E-state index contributed by atoms with van der Waals surface area (Å²) in [5, 5.41) is 15.5. The quantitative estimate of drug-likeness (QED) is 0.470. The van der Waals surface area contributed by atoms with Gasteiger partial charge in [-0.05, 0) is 12.8 Å². The number of nitrogens with zero attached hydrogens (tertiary/aromatic N) is 1.